The number of rotatable bonds is 3. The van der Waals surface area contributed by atoms with Crippen molar-refractivity contribution in [3.8, 4) is 0 Å². The van der Waals surface area contributed by atoms with Gasteiger partial charge < -0.3 is 5.73 Å². The number of tetrazole rings is 1. The molecule has 2 aromatic heterocycles. The van der Waals surface area contributed by atoms with Crippen LogP contribution in [0.15, 0.2) is 12.4 Å². The quantitative estimate of drug-likeness (QED) is 0.691. The summed E-state index contributed by atoms with van der Waals surface area (Å²) in [5, 5.41) is 14.9. The van der Waals surface area contributed by atoms with Crippen molar-refractivity contribution in [2.24, 2.45) is 7.05 Å². The molecule has 0 saturated carbocycles. The van der Waals surface area contributed by atoms with Crippen molar-refractivity contribution in [2.75, 3.05) is 5.73 Å². The van der Waals surface area contributed by atoms with Gasteiger partial charge in [-0.05, 0) is 22.4 Å². The van der Waals surface area contributed by atoms with Gasteiger partial charge in [0.2, 0.25) is 5.95 Å². The van der Waals surface area contributed by atoms with E-state index < -0.39 is 0 Å². The zero-order valence-corrected chi connectivity index (χ0v) is 7.83. The zero-order chi connectivity index (χ0) is 9.97. The number of nitrogens with zero attached hydrogens (tertiary/aromatic N) is 6. The Bertz CT molecular complexity index is 415. The number of aryl methyl sites for hydroxylation is 3. The first-order valence-electron chi connectivity index (χ1n) is 4.25. The van der Waals surface area contributed by atoms with Crippen molar-refractivity contribution < 1.29 is 0 Å². The Morgan fingerprint density at radius 2 is 2.36 bits per heavy atom. The largest absolute Gasteiger partial charge is 0.367 e. The van der Waals surface area contributed by atoms with Crippen LogP contribution >= 0.6 is 0 Å². The van der Waals surface area contributed by atoms with Crippen LogP contribution in [0.3, 0.4) is 0 Å². The van der Waals surface area contributed by atoms with E-state index in [9.17, 15) is 0 Å². The predicted molar refractivity (Wildman–Crippen MR) is 49.1 cm³/mol. The van der Waals surface area contributed by atoms with E-state index in [0.717, 1.165) is 12.0 Å². The van der Waals surface area contributed by atoms with E-state index in [4.69, 9.17) is 5.73 Å². The molecule has 0 aliphatic rings. The summed E-state index contributed by atoms with van der Waals surface area (Å²) < 4.78 is 3.32. The molecule has 0 saturated heterocycles. The highest BCUT2D eigenvalue weighted by Gasteiger charge is 2.02. The molecule has 2 rings (SSSR count). The molecule has 0 spiro atoms. The van der Waals surface area contributed by atoms with Crippen molar-refractivity contribution in [3.63, 3.8) is 0 Å². The highest BCUT2D eigenvalue weighted by atomic mass is 15.6. The molecule has 0 atom stereocenters. The van der Waals surface area contributed by atoms with Gasteiger partial charge in [-0.1, -0.05) is 5.10 Å². The summed E-state index contributed by atoms with van der Waals surface area (Å²) in [4.78, 5) is 0. The molecule has 0 fully saturated rings. The molecular formula is C7H11N7. The number of hydrogen-bond donors (Lipinski definition) is 1. The van der Waals surface area contributed by atoms with Crippen LogP contribution < -0.4 is 5.73 Å². The Morgan fingerprint density at radius 1 is 1.50 bits per heavy atom. The molecule has 0 radical (unpaired) electrons. The monoisotopic (exact) mass is 193 g/mol. The van der Waals surface area contributed by atoms with Crippen molar-refractivity contribution in [1.29, 1.82) is 0 Å². The van der Waals surface area contributed by atoms with Crippen molar-refractivity contribution >= 4 is 5.95 Å². The van der Waals surface area contributed by atoms with Gasteiger partial charge in [0.05, 0.1) is 12.7 Å². The lowest BCUT2D eigenvalue weighted by molar-refractivity contribution is 0.595. The molecule has 2 N–H and O–H groups in total. The first-order chi connectivity index (χ1) is 6.75. The summed E-state index contributed by atoms with van der Waals surface area (Å²) in [6, 6.07) is 0. The first kappa shape index (κ1) is 8.67. The Balaban J connectivity index is 1.98. The summed E-state index contributed by atoms with van der Waals surface area (Å²) in [7, 11) is 1.88. The standard InChI is InChI=1S/C7H11N7/c1-13-5-6(4-9-13)2-3-14-7(8)10-11-12-14/h4-5H,2-3H2,1H3,(H2,8,10,12). The summed E-state index contributed by atoms with van der Waals surface area (Å²) in [6.45, 7) is 0.671. The van der Waals surface area contributed by atoms with Crippen LogP contribution in [0.25, 0.3) is 0 Å². The summed E-state index contributed by atoms with van der Waals surface area (Å²) in [5.41, 5.74) is 6.66. The molecule has 7 nitrogen and oxygen atoms in total. The lowest BCUT2D eigenvalue weighted by Crippen LogP contribution is -2.07. The van der Waals surface area contributed by atoms with E-state index in [1.54, 1.807) is 9.36 Å². The second-order valence-corrected chi connectivity index (χ2v) is 3.03. The van der Waals surface area contributed by atoms with E-state index in [1.165, 1.54) is 0 Å². The zero-order valence-electron chi connectivity index (χ0n) is 7.83. The lowest BCUT2D eigenvalue weighted by atomic mass is 10.2. The van der Waals surface area contributed by atoms with Gasteiger partial charge in [0, 0.05) is 13.2 Å². The van der Waals surface area contributed by atoms with E-state index >= 15 is 0 Å². The molecule has 2 heterocycles. The Morgan fingerprint density at radius 3 is 2.93 bits per heavy atom. The summed E-state index contributed by atoms with van der Waals surface area (Å²) in [6.07, 6.45) is 4.60. The molecule has 14 heavy (non-hydrogen) atoms. The Labute approximate surface area is 80.5 Å². The topological polar surface area (TPSA) is 87.4 Å². The smallest absolute Gasteiger partial charge is 0.240 e. The SMILES string of the molecule is Cn1cc(CCn2nnnc2N)cn1. The third-order valence-corrected chi connectivity index (χ3v) is 1.93. The van der Waals surface area contributed by atoms with E-state index in [1.807, 2.05) is 19.4 Å². The molecule has 0 amide bonds. The van der Waals surface area contributed by atoms with Crippen molar-refractivity contribution in [2.45, 2.75) is 13.0 Å². The second-order valence-electron chi connectivity index (χ2n) is 3.03. The maximum Gasteiger partial charge on any atom is 0.240 e. The molecule has 2 aromatic rings. The van der Waals surface area contributed by atoms with E-state index in [-0.39, 0.29) is 0 Å². The highest BCUT2D eigenvalue weighted by molar-refractivity contribution is 5.11. The van der Waals surface area contributed by atoms with Crippen LogP contribution in [0.4, 0.5) is 5.95 Å². The number of hydrogen-bond acceptors (Lipinski definition) is 5. The fourth-order valence-corrected chi connectivity index (χ4v) is 1.21. The van der Waals surface area contributed by atoms with Crippen LogP contribution in [0, 0.1) is 0 Å². The van der Waals surface area contributed by atoms with Crippen LogP contribution in [0.1, 0.15) is 5.56 Å². The fraction of sp³-hybridized carbons (Fsp3) is 0.429. The Kier molecular flexibility index (Phi) is 2.13. The molecular weight excluding hydrogens is 182 g/mol. The molecule has 0 aliphatic heterocycles. The normalized spacial score (nSPS) is 10.6. The molecule has 0 bridgehead atoms. The van der Waals surface area contributed by atoms with Crippen LogP contribution in [0.2, 0.25) is 0 Å². The second kappa shape index (κ2) is 3.44. The van der Waals surface area contributed by atoms with Gasteiger partial charge in [-0.2, -0.15) is 5.10 Å². The average molecular weight is 193 g/mol. The third-order valence-electron chi connectivity index (χ3n) is 1.93. The minimum Gasteiger partial charge on any atom is -0.367 e. The fourth-order valence-electron chi connectivity index (χ4n) is 1.21. The minimum absolute atomic E-state index is 0.342. The van der Waals surface area contributed by atoms with Gasteiger partial charge in [0.25, 0.3) is 0 Å². The van der Waals surface area contributed by atoms with Crippen LogP contribution in [-0.2, 0) is 20.0 Å². The molecule has 0 unspecified atom stereocenters. The summed E-state index contributed by atoms with van der Waals surface area (Å²) >= 11 is 0. The van der Waals surface area contributed by atoms with Crippen molar-refractivity contribution in [1.82, 2.24) is 30.0 Å². The molecule has 7 heteroatoms. The molecule has 74 valence electrons. The number of anilines is 1. The van der Waals surface area contributed by atoms with Crippen LogP contribution in [0.5, 0.6) is 0 Å². The first-order valence-corrected chi connectivity index (χ1v) is 4.25. The minimum atomic E-state index is 0.342. The van der Waals surface area contributed by atoms with Gasteiger partial charge in [0.15, 0.2) is 0 Å². The molecule has 0 aliphatic carbocycles. The van der Waals surface area contributed by atoms with Gasteiger partial charge in [-0.3, -0.25) is 4.68 Å². The maximum atomic E-state index is 5.52. The maximum absolute atomic E-state index is 5.52. The van der Waals surface area contributed by atoms with E-state index in [2.05, 4.69) is 20.6 Å². The number of nitrogens with two attached hydrogens (primary N) is 1. The van der Waals surface area contributed by atoms with E-state index in [0.29, 0.717) is 12.5 Å². The number of nitrogen functional groups attached to an aromatic ring is 1. The van der Waals surface area contributed by atoms with Gasteiger partial charge in [0.1, 0.15) is 0 Å². The van der Waals surface area contributed by atoms with Gasteiger partial charge >= 0.3 is 0 Å². The van der Waals surface area contributed by atoms with Crippen molar-refractivity contribution in [3.05, 3.63) is 18.0 Å². The lowest BCUT2D eigenvalue weighted by Gasteiger charge is -1.98. The third kappa shape index (κ3) is 1.70. The molecule has 0 aromatic carbocycles. The predicted octanol–water partition coefficient (Wildman–Crippen LogP) is -0.769. The summed E-state index contributed by atoms with van der Waals surface area (Å²) in [5.74, 6) is 0.342. The highest BCUT2D eigenvalue weighted by Crippen LogP contribution is 2.01. The van der Waals surface area contributed by atoms with Crippen LogP contribution in [-0.4, -0.2) is 30.0 Å². The van der Waals surface area contributed by atoms with Gasteiger partial charge in [-0.15, -0.1) is 0 Å². The Hall–Kier alpha value is -1.92. The van der Waals surface area contributed by atoms with Gasteiger partial charge in [-0.25, -0.2) is 4.68 Å². The number of aromatic nitrogens is 6. The average Bonchev–Trinajstić information content (AvgIpc) is 2.72.